The lowest BCUT2D eigenvalue weighted by atomic mass is 10.0. The van der Waals surface area contributed by atoms with Gasteiger partial charge < -0.3 is 34.0 Å². The normalized spacial score (nSPS) is 14.3. The van der Waals surface area contributed by atoms with Crippen LogP contribution in [0.5, 0.6) is 0 Å². The third-order valence-electron chi connectivity index (χ3n) is 12.5. The van der Waals surface area contributed by atoms with Crippen LogP contribution in [-0.4, -0.2) is 115 Å². The molecule has 0 heterocycles. The Balaban J connectivity index is 4.85. The van der Waals surface area contributed by atoms with E-state index in [1.165, 1.54) is 141 Å². The third-order valence-corrected chi connectivity index (χ3v) is 14.2. The van der Waals surface area contributed by atoms with E-state index in [0.29, 0.717) is 17.3 Å². The molecule has 0 saturated carbocycles. The van der Waals surface area contributed by atoms with E-state index >= 15 is 0 Å². The highest BCUT2D eigenvalue weighted by molar-refractivity contribution is 9.10. The minimum Gasteiger partial charge on any atom is -0.481 e. The second-order valence-electron chi connectivity index (χ2n) is 20.8. The molecule has 0 radical (unpaired) electrons. The van der Waals surface area contributed by atoms with Crippen LogP contribution in [0.1, 0.15) is 239 Å². The zero-order valence-electron chi connectivity index (χ0n) is 45.5. The van der Waals surface area contributed by atoms with Gasteiger partial charge in [-0.3, -0.25) is 33.0 Å². The number of likely N-dealkylation sites (N-methyl/N-ethyl adjacent to an activating group) is 1. The molecule has 0 saturated heterocycles. The van der Waals surface area contributed by atoms with Gasteiger partial charge in [-0.2, -0.15) is 0 Å². The number of carbonyl (C=O) groups excluding carboxylic acids is 4. The number of quaternary nitrogens is 1. The summed E-state index contributed by atoms with van der Waals surface area (Å²) in [5.41, 5.74) is 0. The van der Waals surface area contributed by atoms with Crippen LogP contribution in [0, 0.1) is 5.92 Å². The molecule has 0 aliphatic heterocycles. The molecule has 0 aliphatic carbocycles. The van der Waals surface area contributed by atoms with Gasteiger partial charge in [0.25, 0.3) is 0 Å². The molecule has 5 atom stereocenters. The Kier molecular flexibility index (Phi) is 44.0. The van der Waals surface area contributed by atoms with E-state index in [9.17, 15) is 38.5 Å². The Bertz CT molecular complexity index is 1420. The lowest BCUT2D eigenvalue weighted by molar-refractivity contribution is -0.873. The first-order valence-corrected chi connectivity index (χ1v) is 30.4. The number of carboxylic acids is 1. The Morgan fingerprint density at radius 2 is 0.986 bits per heavy atom. The number of nitrogens with zero attached hydrogens (tertiary/aromatic N) is 1. The van der Waals surface area contributed by atoms with Gasteiger partial charge >= 0.3 is 31.7 Å². The number of phosphoric acid groups is 1. The summed E-state index contributed by atoms with van der Waals surface area (Å²) in [6, 6.07) is 0. The fourth-order valence-corrected chi connectivity index (χ4v) is 9.75. The van der Waals surface area contributed by atoms with Crippen LogP contribution in [0.4, 0.5) is 0 Å². The average molecular weight is 1100 g/mol. The minimum atomic E-state index is -4.69. The zero-order chi connectivity index (χ0) is 53.0. The second kappa shape index (κ2) is 45.3. The highest BCUT2D eigenvalue weighted by Crippen LogP contribution is 2.43. The van der Waals surface area contributed by atoms with Crippen LogP contribution in [0.2, 0.25) is 0 Å². The molecule has 0 spiro atoms. The van der Waals surface area contributed by atoms with Crippen molar-refractivity contribution in [3.63, 3.8) is 0 Å². The van der Waals surface area contributed by atoms with Crippen molar-refractivity contribution in [1.29, 1.82) is 0 Å². The van der Waals surface area contributed by atoms with Gasteiger partial charge in [-0.1, -0.05) is 216 Å². The van der Waals surface area contributed by atoms with Crippen LogP contribution in [-0.2, 0) is 51.8 Å². The first kappa shape index (κ1) is 68.9. The van der Waals surface area contributed by atoms with Crippen LogP contribution < -0.4 is 5.32 Å². The van der Waals surface area contributed by atoms with E-state index in [0.717, 1.165) is 38.5 Å². The molecule has 0 aromatic heterocycles. The van der Waals surface area contributed by atoms with Gasteiger partial charge in [0.1, 0.15) is 18.0 Å². The molecule has 0 bridgehead atoms. The Hall–Kier alpha value is -2.10. The summed E-state index contributed by atoms with van der Waals surface area (Å²) in [4.78, 5) is 71.9. The molecule has 71 heavy (non-hydrogen) atoms. The Labute approximate surface area is 439 Å². The number of hydrogen-bond acceptors (Lipinski definition) is 11. The second-order valence-corrected chi connectivity index (χ2v) is 23.4. The van der Waals surface area contributed by atoms with E-state index < -0.39 is 73.8 Å². The number of rotatable bonds is 51. The van der Waals surface area contributed by atoms with E-state index in [-0.39, 0.29) is 45.4 Å². The highest BCUT2D eigenvalue weighted by Gasteiger charge is 2.30. The number of alkyl halides is 1. The molecular weight excluding hydrogens is 995 g/mol. The lowest BCUT2D eigenvalue weighted by Crippen LogP contribution is -2.44. The SMILES string of the molecule is CCCCCCCCCCCCCCCCCC(=O)OC[C@H](COP(=O)(O)OCCNC(=O)C(C)CC(Br)C(=O)OC(CC(=O)O)C[N+](C)(C)C)OC(=O)CCCCCCCCCCCCCCCCC. The fraction of sp³-hybridized carbons (Fsp3) is 0.907. The van der Waals surface area contributed by atoms with Crippen LogP contribution >= 0.6 is 23.8 Å². The molecule has 4 unspecified atom stereocenters. The first-order chi connectivity index (χ1) is 33.9. The van der Waals surface area contributed by atoms with Crippen molar-refractivity contribution in [3.8, 4) is 0 Å². The molecule has 0 aromatic carbocycles. The minimum absolute atomic E-state index is 0.0426. The Morgan fingerprint density at radius 3 is 1.39 bits per heavy atom. The van der Waals surface area contributed by atoms with E-state index in [4.69, 9.17) is 23.3 Å². The number of ether oxygens (including phenoxy) is 3. The number of carboxylic acid groups (broad SMARTS) is 1. The van der Waals surface area contributed by atoms with Crippen molar-refractivity contribution in [2.45, 2.75) is 256 Å². The molecule has 0 rings (SSSR count). The third kappa shape index (κ3) is 46.2. The summed E-state index contributed by atoms with van der Waals surface area (Å²) in [6.07, 6.45) is 34.3. The summed E-state index contributed by atoms with van der Waals surface area (Å²) in [7, 11) is 0.865. The van der Waals surface area contributed by atoms with Crippen LogP contribution in [0.25, 0.3) is 0 Å². The maximum absolute atomic E-state index is 12.9. The first-order valence-electron chi connectivity index (χ1n) is 28.0. The number of carbonyl (C=O) groups is 5. The van der Waals surface area contributed by atoms with Gasteiger partial charge in [0.05, 0.1) is 40.8 Å². The lowest BCUT2D eigenvalue weighted by Gasteiger charge is -2.29. The van der Waals surface area contributed by atoms with Crippen LogP contribution in [0.3, 0.4) is 0 Å². The van der Waals surface area contributed by atoms with Crippen molar-refractivity contribution in [1.82, 2.24) is 5.32 Å². The highest BCUT2D eigenvalue weighted by atomic mass is 79.9. The predicted molar refractivity (Wildman–Crippen MR) is 286 cm³/mol. The van der Waals surface area contributed by atoms with Gasteiger partial charge in [0.2, 0.25) is 5.91 Å². The number of aliphatic carboxylic acids is 1. The van der Waals surface area contributed by atoms with Crippen molar-refractivity contribution >= 4 is 53.5 Å². The van der Waals surface area contributed by atoms with E-state index in [1.807, 2.05) is 21.1 Å². The van der Waals surface area contributed by atoms with Gasteiger partial charge in [-0.05, 0) is 19.3 Å². The number of phosphoric ester groups is 1. The van der Waals surface area contributed by atoms with Gasteiger partial charge in [0, 0.05) is 25.3 Å². The van der Waals surface area contributed by atoms with Crippen molar-refractivity contribution in [2.24, 2.45) is 5.92 Å². The van der Waals surface area contributed by atoms with E-state index in [2.05, 4.69) is 35.1 Å². The number of esters is 3. The zero-order valence-corrected chi connectivity index (χ0v) is 48.0. The van der Waals surface area contributed by atoms with Gasteiger partial charge in [-0.25, -0.2) is 4.57 Å². The number of unbranched alkanes of at least 4 members (excludes halogenated alkanes) is 28. The predicted octanol–water partition coefficient (Wildman–Crippen LogP) is 13.1. The topological polar surface area (TPSA) is 201 Å². The van der Waals surface area contributed by atoms with Gasteiger partial charge in [-0.15, -0.1) is 0 Å². The van der Waals surface area contributed by atoms with Crippen LogP contribution in [0.15, 0.2) is 0 Å². The van der Waals surface area contributed by atoms with Crippen molar-refractivity contribution in [3.05, 3.63) is 0 Å². The fourth-order valence-electron chi connectivity index (χ4n) is 8.33. The molecule has 1 amide bonds. The summed E-state index contributed by atoms with van der Waals surface area (Å²) < 4.78 is 40.0. The molecule has 0 aliphatic rings. The van der Waals surface area contributed by atoms with Gasteiger partial charge in [0.15, 0.2) is 12.2 Å². The largest absolute Gasteiger partial charge is 0.481 e. The molecule has 3 N–H and O–H groups in total. The number of nitrogens with one attached hydrogen (secondary N) is 1. The standard InChI is InChI=1S/C54H102BrN2O13P/c1-7-9-11-13-15-17-19-21-23-25-27-29-31-33-35-37-51(60)66-44-48(69-52(61)38-36-34-32-30-28-26-24-22-20-18-16-14-12-10-8-2)45-68-71(64,65)67-40-39-56-53(62)46(3)41-49(55)54(63)70-47(42-50(58)59)43-57(4,5)6/h46-49H,7-45H2,1-6H3,(H2-,56,58,59,62,64,65)/p+1/t46?,47?,48-,49?/m1/s1. The van der Waals surface area contributed by atoms with Crippen molar-refractivity contribution in [2.75, 3.05) is 54.1 Å². The number of hydrogen-bond donors (Lipinski definition) is 3. The molecule has 0 aromatic rings. The summed E-state index contributed by atoms with van der Waals surface area (Å²) in [5.74, 6) is -3.88. The maximum Gasteiger partial charge on any atom is 0.472 e. The van der Waals surface area contributed by atoms with Crippen molar-refractivity contribution < 1.29 is 66.3 Å². The summed E-state index contributed by atoms with van der Waals surface area (Å²) in [6.45, 7) is 4.91. The average Bonchev–Trinajstić information content (AvgIpc) is 3.30. The smallest absolute Gasteiger partial charge is 0.472 e. The maximum atomic E-state index is 12.9. The summed E-state index contributed by atoms with van der Waals surface area (Å²) >= 11 is 3.25. The quantitative estimate of drug-likeness (QED) is 0.0130. The monoisotopic (exact) mass is 1100 g/mol. The Morgan fingerprint density at radius 1 is 0.577 bits per heavy atom. The number of halogens is 1. The molecule has 15 nitrogen and oxygen atoms in total. The molecule has 418 valence electrons. The molecular formula is C54H103BrN2O13P+. The summed E-state index contributed by atoms with van der Waals surface area (Å²) in [5, 5.41) is 11.8. The molecule has 0 fully saturated rings. The van der Waals surface area contributed by atoms with E-state index in [1.54, 1.807) is 6.92 Å². The number of amides is 1. The molecule has 17 heteroatoms.